The highest BCUT2D eigenvalue weighted by molar-refractivity contribution is 5.82. The lowest BCUT2D eigenvalue weighted by molar-refractivity contribution is -0.132. The average molecular weight is 376 g/mol. The molecule has 0 aliphatic carbocycles. The number of unbranched alkanes of at least 4 members (excludes halogenated alkanes) is 1. The number of amides is 2. The second-order valence-corrected chi connectivity index (χ2v) is 6.56. The van der Waals surface area contributed by atoms with Crippen molar-refractivity contribution < 1.29 is 18.7 Å². The molecule has 146 valence electrons. The van der Waals surface area contributed by atoms with Gasteiger partial charge < -0.3 is 20.7 Å². The Hall–Kier alpha value is -2.66. The Labute approximate surface area is 158 Å². The third-order valence-corrected chi connectivity index (χ3v) is 4.42. The summed E-state index contributed by atoms with van der Waals surface area (Å²) in [6.45, 7) is 0.544. The van der Waals surface area contributed by atoms with E-state index in [9.17, 15) is 14.0 Å². The van der Waals surface area contributed by atoms with Crippen LogP contribution in [0.5, 0.6) is 0 Å². The zero-order chi connectivity index (χ0) is 19.6. The van der Waals surface area contributed by atoms with Crippen LogP contribution < -0.4 is 11.1 Å². The summed E-state index contributed by atoms with van der Waals surface area (Å²) in [6.07, 6.45) is 0.0407. The van der Waals surface area contributed by atoms with Gasteiger partial charge in [0.25, 0.3) is 0 Å². The van der Waals surface area contributed by atoms with Gasteiger partial charge in [0.1, 0.15) is 18.8 Å². The highest BCUT2D eigenvalue weighted by Crippen LogP contribution is 2.21. The first-order chi connectivity index (χ1) is 13.0. The van der Waals surface area contributed by atoms with E-state index < -0.39 is 30.3 Å². The molecular formula is C19H25FN4O3. The molecule has 0 aromatic heterocycles. The lowest BCUT2D eigenvalue weighted by Gasteiger charge is -2.23. The Morgan fingerprint density at radius 2 is 2.11 bits per heavy atom. The summed E-state index contributed by atoms with van der Waals surface area (Å²) in [5.41, 5.74) is 6.79. The van der Waals surface area contributed by atoms with Crippen LogP contribution in [0.3, 0.4) is 0 Å². The number of likely N-dealkylation sites (tertiary alicyclic amines) is 1. The molecule has 1 aromatic rings. The molecule has 1 aliphatic heterocycles. The number of nitrogens with zero attached hydrogens (tertiary/aromatic N) is 2. The summed E-state index contributed by atoms with van der Waals surface area (Å²) in [4.78, 5) is 25.1. The van der Waals surface area contributed by atoms with Crippen LogP contribution in [0, 0.1) is 11.3 Å². The number of hydrogen-bond donors (Lipinski definition) is 2. The number of nitriles is 1. The van der Waals surface area contributed by atoms with Crippen molar-refractivity contribution in [3.63, 3.8) is 0 Å². The molecule has 1 aliphatic rings. The molecule has 0 radical (unpaired) electrons. The highest BCUT2D eigenvalue weighted by atomic mass is 19.1. The van der Waals surface area contributed by atoms with Gasteiger partial charge in [-0.15, -0.1) is 0 Å². The van der Waals surface area contributed by atoms with Crippen molar-refractivity contribution >= 4 is 12.0 Å². The Morgan fingerprint density at radius 1 is 1.37 bits per heavy atom. The average Bonchev–Trinajstić information content (AvgIpc) is 3.06. The molecule has 0 spiro atoms. The smallest absolute Gasteiger partial charge is 0.407 e. The molecule has 3 atom stereocenters. The van der Waals surface area contributed by atoms with Gasteiger partial charge in [-0.25, -0.2) is 9.18 Å². The number of carbonyl (C=O) groups excluding carboxylic acids is 2. The molecular weight excluding hydrogens is 351 g/mol. The molecule has 27 heavy (non-hydrogen) atoms. The monoisotopic (exact) mass is 376 g/mol. The molecule has 1 saturated heterocycles. The number of halogens is 1. The molecule has 1 fully saturated rings. The number of ether oxygens (including phenoxy) is 1. The number of carbonyl (C=O) groups is 2. The molecule has 2 rings (SSSR count). The summed E-state index contributed by atoms with van der Waals surface area (Å²) in [7, 11) is 0. The topological polar surface area (TPSA) is 108 Å². The van der Waals surface area contributed by atoms with Crippen molar-refractivity contribution in [3.8, 4) is 6.07 Å². The fourth-order valence-corrected chi connectivity index (χ4v) is 2.94. The first-order valence-electron chi connectivity index (χ1n) is 9.05. The Bertz CT molecular complexity index is 665. The second kappa shape index (κ2) is 10.5. The molecule has 1 heterocycles. The summed E-state index contributed by atoms with van der Waals surface area (Å²) in [5, 5.41) is 11.6. The van der Waals surface area contributed by atoms with Crippen LogP contribution in [-0.4, -0.2) is 48.2 Å². The molecule has 0 bridgehead atoms. The van der Waals surface area contributed by atoms with E-state index in [1.807, 2.05) is 36.4 Å². The number of alkyl halides is 1. The molecule has 1 aromatic carbocycles. The van der Waals surface area contributed by atoms with Crippen LogP contribution in [0.1, 0.15) is 31.2 Å². The summed E-state index contributed by atoms with van der Waals surface area (Å²) >= 11 is 0. The third kappa shape index (κ3) is 6.53. The van der Waals surface area contributed by atoms with Crippen LogP contribution in [0.25, 0.3) is 0 Å². The van der Waals surface area contributed by atoms with Crippen molar-refractivity contribution in [2.45, 2.75) is 50.5 Å². The Balaban J connectivity index is 1.58. The van der Waals surface area contributed by atoms with E-state index in [0.29, 0.717) is 25.8 Å². The molecule has 0 unspecified atom stereocenters. The minimum Gasteiger partial charge on any atom is -0.445 e. The summed E-state index contributed by atoms with van der Waals surface area (Å²) < 4.78 is 18.5. The number of rotatable bonds is 8. The van der Waals surface area contributed by atoms with E-state index >= 15 is 0 Å². The van der Waals surface area contributed by atoms with E-state index in [0.717, 1.165) is 5.56 Å². The molecule has 3 N–H and O–H groups in total. The Kier molecular flexibility index (Phi) is 8.01. The van der Waals surface area contributed by atoms with Gasteiger partial charge in [0.15, 0.2) is 0 Å². The van der Waals surface area contributed by atoms with E-state index in [2.05, 4.69) is 5.32 Å². The second-order valence-electron chi connectivity index (χ2n) is 6.56. The van der Waals surface area contributed by atoms with Gasteiger partial charge in [0.05, 0.1) is 18.7 Å². The van der Waals surface area contributed by atoms with Crippen LogP contribution >= 0.6 is 0 Å². The van der Waals surface area contributed by atoms with Crippen LogP contribution in [0.15, 0.2) is 30.3 Å². The predicted octanol–water partition coefficient (Wildman–Crippen LogP) is 1.87. The Morgan fingerprint density at radius 3 is 2.81 bits per heavy atom. The fraction of sp³-hybridized carbons (Fsp3) is 0.526. The number of alkyl carbamates (subject to hydrolysis) is 1. The van der Waals surface area contributed by atoms with Crippen molar-refractivity contribution in [1.29, 1.82) is 5.26 Å². The van der Waals surface area contributed by atoms with Gasteiger partial charge in [0.2, 0.25) is 5.91 Å². The molecule has 0 saturated carbocycles. The lowest BCUT2D eigenvalue weighted by Crippen LogP contribution is -2.45. The third-order valence-electron chi connectivity index (χ3n) is 4.42. The molecule has 7 nitrogen and oxygen atoms in total. The number of nitrogens with two attached hydrogens (primary N) is 1. The number of benzene rings is 1. The quantitative estimate of drug-likeness (QED) is 0.673. The zero-order valence-corrected chi connectivity index (χ0v) is 15.1. The van der Waals surface area contributed by atoms with E-state index in [1.165, 1.54) is 4.90 Å². The highest BCUT2D eigenvalue weighted by Gasteiger charge is 2.37. The van der Waals surface area contributed by atoms with Gasteiger partial charge in [-0.2, -0.15) is 5.26 Å². The predicted molar refractivity (Wildman–Crippen MR) is 97.1 cm³/mol. The maximum absolute atomic E-state index is 13.4. The van der Waals surface area contributed by atoms with Gasteiger partial charge >= 0.3 is 6.09 Å². The first kappa shape index (κ1) is 20.6. The van der Waals surface area contributed by atoms with Gasteiger partial charge in [-0.05, 0) is 24.8 Å². The van der Waals surface area contributed by atoms with Gasteiger partial charge in [-0.3, -0.25) is 4.79 Å². The van der Waals surface area contributed by atoms with E-state index in [1.54, 1.807) is 0 Å². The van der Waals surface area contributed by atoms with Gasteiger partial charge in [-0.1, -0.05) is 30.3 Å². The number of nitrogens with one attached hydrogen (secondary N) is 1. The number of hydrogen-bond acceptors (Lipinski definition) is 5. The summed E-state index contributed by atoms with van der Waals surface area (Å²) in [5.74, 6) is -0.392. The van der Waals surface area contributed by atoms with Gasteiger partial charge in [0, 0.05) is 13.0 Å². The van der Waals surface area contributed by atoms with Crippen LogP contribution in [0.4, 0.5) is 9.18 Å². The summed E-state index contributed by atoms with van der Waals surface area (Å²) in [6, 6.07) is 9.80. The fourth-order valence-electron chi connectivity index (χ4n) is 2.94. The molecule has 8 heteroatoms. The SMILES string of the molecule is N#C[C@@H]1C[C@H](F)CN1C(=O)[C@@H](N)CCCCNC(=O)OCc1ccccc1. The van der Waals surface area contributed by atoms with Crippen LogP contribution in [0.2, 0.25) is 0 Å². The van der Waals surface area contributed by atoms with E-state index in [4.69, 9.17) is 15.7 Å². The maximum atomic E-state index is 13.4. The minimum atomic E-state index is -1.17. The zero-order valence-electron chi connectivity index (χ0n) is 15.1. The van der Waals surface area contributed by atoms with E-state index in [-0.39, 0.29) is 19.6 Å². The van der Waals surface area contributed by atoms with Crippen LogP contribution in [-0.2, 0) is 16.1 Å². The largest absolute Gasteiger partial charge is 0.445 e. The van der Waals surface area contributed by atoms with Crippen molar-refractivity contribution in [2.75, 3.05) is 13.1 Å². The maximum Gasteiger partial charge on any atom is 0.407 e. The van der Waals surface area contributed by atoms with Crippen molar-refractivity contribution in [3.05, 3.63) is 35.9 Å². The first-order valence-corrected chi connectivity index (χ1v) is 9.05. The van der Waals surface area contributed by atoms with Crippen molar-refractivity contribution in [2.24, 2.45) is 5.73 Å². The normalized spacial score (nSPS) is 20.0. The minimum absolute atomic E-state index is 0.0456. The standard InChI is InChI=1S/C19H25FN4O3/c20-15-10-16(11-21)24(12-15)18(25)17(22)8-4-5-9-23-19(26)27-13-14-6-2-1-3-7-14/h1-3,6-7,15-17H,4-5,8-10,12-13,22H2,(H,23,26)/t15-,16-,17-/m0/s1. The van der Waals surface area contributed by atoms with Crippen molar-refractivity contribution in [1.82, 2.24) is 10.2 Å². The molecule has 2 amide bonds. The lowest BCUT2D eigenvalue weighted by atomic mass is 10.1.